The maximum atomic E-state index is 13.5. The van der Waals surface area contributed by atoms with Gasteiger partial charge in [-0.1, -0.05) is 75.3 Å². The smallest absolute Gasteiger partial charge is 0.329 e. The van der Waals surface area contributed by atoms with E-state index in [0.717, 1.165) is 69.8 Å². The molecule has 2 aliphatic rings. The lowest BCUT2D eigenvalue weighted by molar-refractivity contribution is -0.159. The van der Waals surface area contributed by atoms with E-state index in [1.165, 1.54) is 0 Å². The molecule has 0 unspecified atom stereocenters. The average Bonchev–Trinajstić information content (AvgIpc) is 3.38. The standard InChI is InChI=1S/C31H47N3O5/c1-31(2,3)39-30(38)24-18-13-8-6-4-5-7-9-14-20-27(35)32-25(29(37)33-24)22-28(36)34-21-15-19-26(34)23-16-11-10-12-17-23/h10-12,16-17,24-26H,4-9,13-15,18-22H2,1-3H3,(H,32,35)(H,33,37)/t24-,25-,26+/m0/s1. The number of nitrogens with zero attached hydrogens (tertiary/aromatic N) is 1. The van der Waals surface area contributed by atoms with E-state index in [0.29, 0.717) is 19.4 Å². The fourth-order valence-corrected chi connectivity index (χ4v) is 5.44. The fourth-order valence-electron chi connectivity index (χ4n) is 5.44. The molecule has 2 heterocycles. The van der Waals surface area contributed by atoms with Crippen LogP contribution < -0.4 is 10.6 Å². The van der Waals surface area contributed by atoms with Crippen molar-refractivity contribution in [3.05, 3.63) is 35.9 Å². The van der Waals surface area contributed by atoms with Crippen molar-refractivity contribution in [1.29, 1.82) is 0 Å². The molecule has 8 heteroatoms. The number of rotatable bonds is 4. The van der Waals surface area contributed by atoms with Gasteiger partial charge in [0, 0.05) is 13.0 Å². The van der Waals surface area contributed by atoms with Gasteiger partial charge in [0.25, 0.3) is 0 Å². The van der Waals surface area contributed by atoms with Gasteiger partial charge in [-0.05, 0) is 52.0 Å². The maximum Gasteiger partial charge on any atom is 0.329 e. The Kier molecular flexibility index (Phi) is 11.8. The van der Waals surface area contributed by atoms with Gasteiger partial charge in [0.05, 0.1) is 12.5 Å². The van der Waals surface area contributed by atoms with Crippen LogP contribution in [0.5, 0.6) is 0 Å². The Morgan fingerprint density at radius 2 is 1.51 bits per heavy atom. The summed E-state index contributed by atoms with van der Waals surface area (Å²) in [6.45, 7) is 6.00. The third-order valence-electron chi connectivity index (χ3n) is 7.44. The molecule has 2 N–H and O–H groups in total. The molecular formula is C31H47N3O5. The van der Waals surface area contributed by atoms with Crippen molar-refractivity contribution in [1.82, 2.24) is 15.5 Å². The molecule has 3 atom stereocenters. The van der Waals surface area contributed by atoms with Crippen molar-refractivity contribution in [2.75, 3.05) is 6.54 Å². The lowest BCUT2D eigenvalue weighted by Gasteiger charge is -2.29. The Morgan fingerprint density at radius 1 is 0.872 bits per heavy atom. The van der Waals surface area contributed by atoms with Crippen LogP contribution in [0.4, 0.5) is 0 Å². The largest absolute Gasteiger partial charge is 0.458 e. The minimum Gasteiger partial charge on any atom is -0.458 e. The van der Waals surface area contributed by atoms with E-state index in [1.807, 2.05) is 35.2 Å². The first-order valence-corrected chi connectivity index (χ1v) is 14.8. The highest BCUT2D eigenvalue weighted by Gasteiger charge is 2.35. The molecule has 0 spiro atoms. The quantitative estimate of drug-likeness (QED) is 0.524. The van der Waals surface area contributed by atoms with Crippen molar-refractivity contribution in [2.45, 2.75) is 128 Å². The molecule has 1 aromatic carbocycles. The summed E-state index contributed by atoms with van der Waals surface area (Å²) in [5.74, 6) is -1.43. The molecule has 1 aromatic rings. The fraction of sp³-hybridized carbons (Fsp3) is 0.677. The van der Waals surface area contributed by atoms with Gasteiger partial charge >= 0.3 is 5.97 Å². The summed E-state index contributed by atoms with van der Waals surface area (Å²) < 4.78 is 5.60. The summed E-state index contributed by atoms with van der Waals surface area (Å²) in [4.78, 5) is 54.7. The summed E-state index contributed by atoms with van der Waals surface area (Å²) in [5, 5.41) is 5.65. The number of carbonyl (C=O) groups excluding carboxylic acids is 4. The van der Waals surface area contributed by atoms with E-state index in [9.17, 15) is 19.2 Å². The van der Waals surface area contributed by atoms with E-state index in [4.69, 9.17) is 4.74 Å². The Hall–Kier alpha value is -2.90. The third kappa shape index (κ3) is 10.3. The number of amides is 3. The van der Waals surface area contributed by atoms with E-state index < -0.39 is 29.6 Å². The van der Waals surface area contributed by atoms with E-state index in [-0.39, 0.29) is 24.3 Å². The predicted octanol–water partition coefficient (Wildman–Crippen LogP) is 4.97. The van der Waals surface area contributed by atoms with E-state index >= 15 is 0 Å². The zero-order valence-electron chi connectivity index (χ0n) is 24.0. The second-order valence-electron chi connectivity index (χ2n) is 11.9. The number of hydrogen-bond acceptors (Lipinski definition) is 5. The van der Waals surface area contributed by atoms with Gasteiger partial charge in [0.2, 0.25) is 17.7 Å². The van der Waals surface area contributed by atoms with E-state index in [1.54, 1.807) is 20.8 Å². The van der Waals surface area contributed by atoms with Gasteiger partial charge in [-0.25, -0.2) is 4.79 Å². The van der Waals surface area contributed by atoms with Crippen LogP contribution in [-0.2, 0) is 23.9 Å². The minimum atomic E-state index is -1.06. The van der Waals surface area contributed by atoms with Gasteiger partial charge in [-0.2, -0.15) is 0 Å². The monoisotopic (exact) mass is 541 g/mol. The highest BCUT2D eigenvalue weighted by Crippen LogP contribution is 2.32. The van der Waals surface area contributed by atoms with Crippen molar-refractivity contribution in [3.63, 3.8) is 0 Å². The molecule has 0 aliphatic carbocycles. The summed E-state index contributed by atoms with van der Waals surface area (Å²) in [6.07, 6.45) is 10.2. The van der Waals surface area contributed by atoms with Crippen molar-refractivity contribution in [2.24, 2.45) is 0 Å². The van der Waals surface area contributed by atoms with Crippen molar-refractivity contribution < 1.29 is 23.9 Å². The Balaban J connectivity index is 1.77. The average molecular weight is 542 g/mol. The van der Waals surface area contributed by atoms with Crippen LogP contribution >= 0.6 is 0 Å². The van der Waals surface area contributed by atoms with Gasteiger partial charge < -0.3 is 20.3 Å². The highest BCUT2D eigenvalue weighted by molar-refractivity contribution is 5.94. The second kappa shape index (κ2) is 15.0. The van der Waals surface area contributed by atoms with Crippen LogP contribution in [0.15, 0.2) is 30.3 Å². The molecule has 0 bridgehead atoms. The molecule has 0 saturated carbocycles. The topological polar surface area (TPSA) is 105 Å². The highest BCUT2D eigenvalue weighted by atomic mass is 16.6. The Labute approximate surface area is 233 Å². The van der Waals surface area contributed by atoms with Gasteiger partial charge in [-0.15, -0.1) is 0 Å². The zero-order valence-corrected chi connectivity index (χ0v) is 24.0. The van der Waals surface area contributed by atoms with Crippen LogP contribution in [0.1, 0.15) is 116 Å². The van der Waals surface area contributed by atoms with Gasteiger partial charge in [0.15, 0.2) is 0 Å². The zero-order chi connectivity index (χ0) is 28.3. The molecular weight excluding hydrogens is 494 g/mol. The molecule has 216 valence electrons. The number of esters is 1. The first kappa shape index (κ1) is 30.6. The summed E-state index contributed by atoms with van der Waals surface area (Å²) >= 11 is 0. The minimum absolute atomic E-state index is 0.0434. The number of carbonyl (C=O) groups is 4. The maximum absolute atomic E-state index is 13.5. The lowest BCUT2D eigenvalue weighted by Crippen LogP contribution is -2.54. The summed E-state index contributed by atoms with van der Waals surface area (Å²) in [6, 6.07) is 7.97. The summed E-state index contributed by atoms with van der Waals surface area (Å²) in [5.41, 5.74) is 0.378. The lowest BCUT2D eigenvalue weighted by atomic mass is 10.0. The third-order valence-corrected chi connectivity index (χ3v) is 7.44. The molecule has 39 heavy (non-hydrogen) atoms. The summed E-state index contributed by atoms with van der Waals surface area (Å²) in [7, 11) is 0. The van der Waals surface area contributed by atoms with Crippen LogP contribution in [0.3, 0.4) is 0 Å². The second-order valence-corrected chi connectivity index (χ2v) is 11.9. The van der Waals surface area contributed by atoms with Crippen molar-refractivity contribution in [3.8, 4) is 0 Å². The first-order chi connectivity index (χ1) is 18.6. The normalized spacial score (nSPS) is 24.5. The molecule has 2 aliphatic heterocycles. The molecule has 2 fully saturated rings. The molecule has 0 radical (unpaired) electrons. The van der Waals surface area contributed by atoms with Crippen LogP contribution in [0.2, 0.25) is 0 Å². The number of likely N-dealkylation sites (tertiary alicyclic amines) is 1. The van der Waals surface area contributed by atoms with Crippen LogP contribution in [0.25, 0.3) is 0 Å². The number of benzene rings is 1. The molecule has 2 saturated heterocycles. The molecule has 3 rings (SSSR count). The number of hydrogen-bond donors (Lipinski definition) is 2. The predicted molar refractivity (Wildman–Crippen MR) is 151 cm³/mol. The molecule has 0 aromatic heterocycles. The SMILES string of the molecule is CC(C)(C)OC(=O)[C@@H]1CCCCCCCCCCC(=O)N[C@@H](CC(=O)N2CCC[C@@H]2c2ccccc2)C(=O)N1. The molecule has 8 nitrogen and oxygen atoms in total. The van der Waals surface area contributed by atoms with Gasteiger partial charge in [0.1, 0.15) is 17.7 Å². The van der Waals surface area contributed by atoms with E-state index in [2.05, 4.69) is 10.6 Å². The van der Waals surface area contributed by atoms with Crippen LogP contribution in [0, 0.1) is 0 Å². The molecule has 3 amide bonds. The number of ether oxygens (including phenoxy) is 1. The van der Waals surface area contributed by atoms with Gasteiger partial charge in [-0.3, -0.25) is 14.4 Å². The first-order valence-electron chi connectivity index (χ1n) is 14.8. The van der Waals surface area contributed by atoms with Crippen molar-refractivity contribution >= 4 is 23.7 Å². The van der Waals surface area contributed by atoms with Crippen LogP contribution in [-0.4, -0.2) is 52.8 Å². The Morgan fingerprint density at radius 3 is 2.18 bits per heavy atom. The number of nitrogens with one attached hydrogen (secondary N) is 2. The Bertz CT molecular complexity index is 959.